The molecular formula is C17H18F3N3O. The molecular weight excluding hydrogens is 319 g/mol. The molecule has 1 aliphatic heterocycles. The van der Waals surface area contributed by atoms with Gasteiger partial charge in [0.2, 0.25) is 0 Å². The van der Waals surface area contributed by atoms with Crippen molar-refractivity contribution >= 4 is 0 Å². The normalized spacial score (nSPS) is 19.4. The van der Waals surface area contributed by atoms with Crippen molar-refractivity contribution in [2.45, 2.75) is 25.7 Å². The highest BCUT2D eigenvalue weighted by Gasteiger charge is 2.30. The van der Waals surface area contributed by atoms with Gasteiger partial charge in [-0.05, 0) is 24.6 Å². The molecule has 24 heavy (non-hydrogen) atoms. The first kappa shape index (κ1) is 16.9. The summed E-state index contributed by atoms with van der Waals surface area (Å²) in [5.41, 5.74) is 1.84. The van der Waals surface area contributed by atoms with E-state index in [0.717, 1.165) is 35.6 Å². The summed E-state index contributed by atoms with van der Waals surface area (Å²) in [6, 6.07) is 5.18. The minimum Gasteiger partial charge on any atom is -0.371 e. The number of alkyl halides is 3. The highest BCUT2D eigenvalue weighted by atomic mass is 19.4. The van der Waals surface area contributed by atoms with Crippen molar-refractivity contribution in [1.82, 2.24) is 14.9 Å². The van der Waals surface area contributed by atoms with Gasteiger partial charge in [-0.25, -0.2) is 0 Å². The fraction of sp³-hybridized carbons (Fsp3) is 0.412. The molecule has 1 atom stereocenters. The van der Waals surface area contributed by atoms with Crippen molar-refractivity contribution in [3.8, 4) is 0 Å². The van der Waals surface area contributed by atoms with Crippen LogP contribution in [-0.4, -0.2) is 34.6 Å². The highest BCUT2D eigenvalue weighted by molar-refractivity contribution is 5.26. The predicted molar refractivity (Wildman–Crippen MR) is 82.2 cm³/mol. The summed E-state index contributed by atoms with van der Waals surface area (Å²) in [6.07, 6.45) is -1.08. The Morgan fingerprint density at radius 1 is 1.17 bits per heavy atom. The number of aryl methyl sites for hydroxylation is 1. The minimum atomic E-state index is -4.32. The molecule has 0 aliphatic carbocycles. The predicted octanol–water partition coefficient (Wildman–Crippen LogP) is 3.38. The number of benzene rings is 1. The average Bonchev–Trinajstić information content (AvgIpc) is 2.57. The Morgan fingerprint density at radius 2 is 1.92 bits per heavy atom. The summed E-state index contributed by atoms with van der Waals surface area (Å²) in [7, 11) is 0. The van der Waals surface area contributed by atoms with E-state index in [4.69, 9.17) is 4.74 Å². The maximum Gasteiger partial charge on any atom is 0.416 e. The molecule has 0 spiro atoms. The van der Waals surface area contributed by atoms with Crippen LogP contribution in [0.4, 0.5) is 13.2 Å². The van der Waals surface area contributed by atoms with Gasteiger partial charge in [0.25, 0.3) is 0 Å². The fourth-order valence-electron chi connectivity index (χ4n) is 2.66. The van der Waals surface area contributed by atoms with Crippen molar-refractivity contribution in [3.05, 3.63) is 59.2 Å². The summed E-state index contributed by atoms with van der Waals surface area (Å²) in [6.45, 7) is 4.43. The zero-order chi connectivity index (χ0) is 17.2. The van der Waals surface area contributed by atoms with E-state index in [1.165, 1.54) is 12.1 Å². The van der Waals surface area contributed by atoms with E-state index in [-0.39, 0.29) is 6.10 Å². The second-order valence-corrected chi connectivity index (χ2v) is 5.86. The lowest BCUT2D eigenvalue weighted by molar-refractivity contribution is -0.137. The van der Waals surface area contributed by atoms with Crippen LogP contribution < -0.4 is 0 Å². The lowest BCUT2D eigenvalue weighted by Gasteiger charge is -2.33. The Hall–Kier alpha value is -1.99. The lowest BCUT2D eigenvalue weighted by atomic mass is 10.1. The Kier molecular flexibility index (Phi) is 4.82. The standard InChI is InChI=1S/C17H18F3N3O/c1-12-8-22-15(9-21-12)10-23-6-7-24-16(11-23)13-2-4-14(5-3-13)17(18,19)20/h2-5,8-9,16H,6-7,10-11H2,1H3. The maximum absolute atomic E-state index is 12.6. The summed E-state index contributed by atoms with van der Waals surface area (Å²) in [5.74, 6) is 0. The second kappa shape index (κ2) is 6.86. The molecule has 0 amide bonds. The van der Waals surface area contributed by atoms with E-state index in [1.807, 2.05) is 6.92 Å². The molecule has 1 unspecified atom stereocenters. The molecule has 1 aromatic carbocycles. The van der Waals surface area contributed by atoms with Crippen molar-refractivity contribution in [3.63, 3.8) is 0 Å². The third-order valence-electron chi connectivity index (χ3n) is 3.98. The summed E-state index contributed by atoms with van der Waals surface area (Å²) in [4.78, 5) is 10.7. The third-order valence-corrected chi connectivity index (χ3v) is 3.98. The monoisotopic (exact) mass is 337 g/mol. The molecule has 1 fully saturated rings. The lowest BCUT2D eigenvalue weighted by Crippen LogP contribution is -2.38. The Morgan fingerprint density at radius 3 is 2.54 bits per heavy atom. The molecule has 0 bridgehead atoms. The van der Waals surface area contributed by atoms with Gasteiger partial charge in [-0.2, -0.15) is 13.2 Å². The van der Waals surface area contributed by atoms with Crippen LogP contribution in [0.1, 0.15) is 28.6 Å². The first-order valence-electron chi connectivity index (χ1n) is 7.70. The van der Waals surface area contributed by atoms with E-state index in [0.29, 0.717) is 19.7 Å². The van der Waals surface area contributed by atoms with E-state index >= 15 is 0 Å². The Labute approximate surface area is 138 Å². The average molecular weight is 337 g/mol. The quantitative estimate of drug-likeness (QED) is 0.861. The number of morpholine rings is 1. The fourth-order valence-corrected chi connectivity index (χ4v) is 2.66. The summed E-state index contributed by atoms with van der Waals surface area (Å²) in [5, 5.41) is 0. The molecule has 2 aromatic rings. The zero-order valence-electron chi connectivity index (χ0n) is 13.3. The van der Waals surface area contributed by atoms with Crippen LogP contribution in [0.5, 0.6) is 0 Å². The molecule has 2 heterocycles. The number of hydrogen-bond acceptors (Lipinski definition) is 4. The zero-order valence-corrected chi connectivity index (χ0v) is 13.3. The molecule has 4 nitrogen and oxygen atoms in total. The number of halogens is 3. The first-order chi connectivity index (χ1) is 11.4. The van der Waals surface area contributed by atoms with Crippen LogP contribution in [-0.2, 0) is 17.5 Å². The number of nitrogens with zero attached hydrogens (tertiary/aromatic N) is 3. The van der Waals surface area contributed by atoms with Crippen LogP contribution in [0.15, 0.2) is 36.7 Å². The summed E-state index contributed by atoms with van der Waals surface area (Å²) >= 11 is 0. The van der Waals surface area contributed by atoms with Gasteiger partial charge in [0.15, 0.2) is 0 Å². The largest absolute Gasteiger partial charge is 0.416 e. The molecule has 0 N–H and O–H groups in total. The van der Waals surface area contributed by atoms with Crippen molar-refractivity contribution in [2.24, 2.45) is 0 Å². The molecule has 1 aliphatic rings. The smallest absolute Gasteiger partial charge is 0.371 e. The Balaban J connectivity index is 1.65. The van der Waals surface area contributed by atoms with E-state index in [9.17, 15) is 13.2 Å². The number of ether oxygens (including phenoxy) is 1. The number of rotatable bonds is 3. The van der Waals surface area contributed by atoms with Crippen LogP contribution in [0, 0.1) is 6.92 Å². The van der Waals surface area contributed by atoms with Crippen LogP contribution in [0.3, 0.4) is 0 Å². The molecule has 128 valence electrons. The Bertz CT molecular complexity index is 671. The van der Waals surface area contributed by atoms with Crippen LogP contribution >= 0.6 is 0 Å². The molecule has 3 rings (SSSR count). The minimum absolute atomic E-state index is 0.237. The van der Waals surface area contributed by atoms with Crippen molar-refractivity contribution in [1.29, 1.82) is 0 Å². The molecule has 1 aromatic heterocycles. The number of aromatic nitrogens is 2. The van der Waals surface area contributed by atoms with Crippen molar-refractivity contribution in [2.75, 3.05) is 19.7 Å². The van der Waals surface area contributed by atoms with Gasteiger partial charge >= 0.3 is 6.18 Å². The maximum atomic E-state index is 12.6. The van der Waals surface area contributed by atoms with Gasteiger partial charge in [-0.1, -0.05) is 12.1 Å². The number of hydrogen-bond donors (Lipinski definition) is 0. The summed E-state index contributed by atoms with van der Waals surface area (Å²) < 4.78 is 43.6. The van der Waals surface area contributed by atoms with Gasteiger partial charge in [-0.15, -0.1) is 0 Å². The van der Waals surface area contributed by atoms with Crippen LogP contribution in [0.2, 0.25) is 0 Å². The van der Waals surface area contributed by atoms with E-state index in [1.54, 1.807) is 12.4 Å². The molecule has 0 radical (unpaired) electrons. The van der Waals surface area contributed by atoms with Gasteiger partial charge in [0, 0.05) is 32.0 Å². The highest BCUT2D eigenvalue weighted by Crippen LogP contribution is 2.31. The second-order valence-electron chi connectivity index (χ2n) is 5.86. The van der Waals surface area contributed by atoms with Gasteiger partial charge in [0.1, 0.15) is 0 Å². The first-order valence-corrected chi connectivity index (χ1v) is 7.70. The molecule has 0 saturated carbocycles. The SMILES string of the molecule is Cc1cnc(CN2CCOC(c3ccc(C(F)(F)F)cc3)C2)cn1. The topological polar surface area (TPSA) is 38.2 Å². The van der Waals surface area contributed by atoms with Gasteiger partial charge in [0.05, 0.1) is 29.7 Å². The van der Waals surface area contributed by atoms with Crippen LogP contribution in [0.25, 0.3) is 0 Å². The molecule has 7 heteroatoms. The van der Waals surface area contributed by atoms with Crippen molar-refractivity contribution < 1.29 is 17.9 Å². The third kappa shape index (κ3) is 4.10. The molecule has 1 saturated heterocycles. The van der Waals surface area contributed by atoms with E-state index < -0.39 is 11.7 Å². The van der Waals surface area contributed by atoms with Gasteiger partial charge < -0.3 is 4.74 Å². The van der Waals surface area contributed by atoms with Gasteiger partial charge in [-0.3, -0.25) is 14.9 Å². The van der Waals surface area contributed by atoms with E-state index in [2.05, 4.69) is 14.9 Å².